The minimum atomic E-state index is -0.646. The fraction of sp³-hybridized carbons (Fsp3) is 0.231. The lowest BCUT2D eigenvalue weighted by atomic mass is 10.2. The molecule has 0 fully saturated rings. The van der Waals surface area contributed by atoms with E-state index in [1.807, 2.05) is 0 Å². The lowest BCUT2D eigenvalue weighted by molar-refractivity contribution is -0.120. The quantitative estimate of drug-likeness (QED) is 0.618. The molecule has 102 valence electrons. The molecule has 2 amide bonds. The number of ether oxygens (including phenoxy) is 1. The first-order chi connectivity index (χ1) is 9.02. The van der Waals surface area contributed by atoms with Gasteiger partial charge in [-0.25, -0.2) is 0 Å². The number of nitrogens with two attached hydrogens (primary N) is 2. The molecule has 1 unspecified atom stereocenters. The number of amides is 2. The maximum absolute atomic E-state index is 11.7. The summed E-state index contributed by atoms with van der Waals surface area (Å²) < 4.78 is 5.12. The SMILES string of the molecule is C=CCC(N)C(=O)Nc1cccc(OCC(N)=O)c1. The number of hydrogen-bond donors (Lipinski definition) is 3. The fourth-order valence-electron chi connectivity index (χ4n) is 1.34. The zero-order chi connectivity index (χ0) is 14.3. The molecule has 19 heavy (non-hydrogen) atoms. The Morgan fingerprint density at radius 2 is 2.21 bits per heavy atom. The number of benzene rings is 1. The molecular formula is C13H17N3O3. The predicted molar refractivity (Wildman–Crippen MR) is 72.6 cm³/mol. The topological polar surface area (TPSA) is 107 Å². The summed E-state index contributed by atoms with van der Waals surface area (Å²) in [6.07, 6.45) is 1.97. The minimum Gasteiger partial charge on any atom is -0.484 e. The van der Waals surface area contributed by atoms with Gasteiger partial charge >= 0.3 is 0 Å². The third-order valence-electron chi connectivity index (χ3n) is 2.24. The molecule has 5 N–H and O–H groups in total. The molecule has 0 saturated heterocycles. The first-order valence-corrected chi connectivity index (χ1v) is 5.71. The summed E-state index contributed by atoms with van der Waals surface area (Å²) in [6.45, 7) is 3.31. The highest BCUT2D eigenvalue weighted by Crippen LogP contribution is 2.17. The molecule has 0 spiro atoms. The van der Waals surface area contributed by atoms with E-state index < -0.39 is 11.9 Å². The number of carbonyl (C=O) groups is 2. The lowest BCUT2D eigenvalue weighted by Crippen LogP contribution is -2.35. The van der Waals surface area contributed by atoms with Gasteiger partial charge in [0.05, 0.1) is 6.04 Å². The van der Waals surface area contributed by atoms with Gasteiger partial charge in [-0.15, -0.1) is 6.58 Å². The zero-order valence-corrected chi connectivity index (χ0v) is 10.5. The zero-order valence-electron chi connectivity index (χ0n) is 10.5. The average Bonchev–Trinajstić information content (AvgIpc) is 2.37. The van der Waals surface area contributed by atoms with E-state index in [1.165, 1.54) is 0 Å². The highest BCUT2D eigenvalue weighted by atomic mass is 16.5. The third-order valence-corrected chi connectivity index (χ3v) is 2.24. The van der Waals surface area contributed by atoms with Crippen molar-refractivity contribution in [2.24, 2.45) is 11.5 Å². The molecule has 1 aromatic carbocycles. The fourth-order valence-corrected chi connectivity index (χ4v) is 1.34. The van der Waals surface area contributed by atoms with Crippen LogP contribution < -0.4 is 21.5 Å². The first kappa shape index (κ1) is 14.7. The maximum atomic E-state index is 11.7. The van der Waals surface area contributed by atoms with Crippen molar-refractivity contribution in [2.45, 2.75) is 12.5 Å². The summed E-state index contributed by atoms with van der Waals surface area (Å²) in [5.41, 5.74) is 11.1. The van der Waals surface area contributed by atoms with Crippen LogP contribution in [0.3, 0.4) is 0 Å². The van der Waals surface area contributed by atoms with Crippen LogP contribution in [0.5, 0.6) is 5.75 Å². The number of nitrogens with one attached hydrogen (secondary N) is 1. The molecule has 0 aliphatic heterocycles. The van der Waals surface area contributed by atoms with E-state index in [2.05, 4.69) is 11.9 Å². The van der Waals surface area contributed by atoms with Gasteiger partial charge in [0.15, 0.2) is 6.61 Å². The van der Waals surface area contributed by atoms with Crippen LogP contribution in [0.2, 0.25) is 0 Å². The van der Waals surface area contributed by atoms with E-state index in [0.717, 1.165) is 0 Å². The monoisotopic (exact) mass is 263 g/mol. The number of hydrogen-bond acceptors (Lipinski definition) is 4. The van der Waals surface area contributed by atoms with Crippen molar-refractivity contribution in [3.8, 4) is 5.75 Å². The Hall–Kier alpha value is -2.34. The summed E-state index contributed by atoms with van der Waals surface area (Å²) in [4.78, 5) is 22.3. The molecule has 6 heteroatoms. The summed E-state index contributed by atoms with van der Waals surface area (Å²) >= 11 is 0. The Labute approximate surface area is 111 Å². The van der Waals surface area contributed by atoms with Gasteiger partial charge in [0.25, 0.3) is 5.91 Å². The van der Waals surface area contributed by atoms with Gasteiger partial charge in [0.2, 0.25) is 5.91 Å². The summed E-state index contributed by atoms with van der Waals surface area (Å²) in [6, 6.07) is 5.97. The van der Waals surface area contributed by atoms with E-state index in [-0.39, 0.29) is 12.5 Å². The molecule has 0 aliphatic carbocycles. The molecule has 6 nitrogen and oxygen atoms in total. The third kappa shape index (κ3) is 5.22. The largest absolute Gasteiger partial charge is 0.484 e. The van der Waals surface area contributed by atoms with Gasteiger partial charge in [-0.05, 0) is 18.6 Å². The van der Waals surface area contributed by atoms with Crippen molar-refractivity contribution >= 4 is 17.5 Å². The highest BCUT2D eigenvalue weighted by molar-refractivity contribution is 5.94. The molecule has 1 rings (SSSR count). The number of rotatable bonds is 7. The van der Waals surface area contributed by atoms with Crippen LogP contribution in [0, 0.1) is 0 Å². The van der Waals surface area contributed by atoms with E-state index in [9.17, 15) is 9.59 Å². The molecule has 0 aliphatic rings. The van der Waals surface area contributed by atoms with Crippen LogP contribution in [0.1, 0.15) is 6.42 Å². The van der Waals surface area contributed by atoms with Gasteiger partial charge in [-0.1, -0.05) is 12.1 Å². The predicted octanol–water partition coefficient (Wildman–Crippen LogP) is 0.393. The highest BCUT2D eigenvalue weighted by Gasteiger charge is 2.11. The van der Waals surface area contributed by atoms with Crippen LogP contribution in [-0.4, -0.2) is 24.5 Å². The average molecular weight is 263 g/mol. The lowest BCUT2D eigenvalue weighted by Gasteiger charge is -2.11. The van der Waals surface area contributed by atoms with E-state index in [0.29, 0.717) is 17.9 Å². The van der Waals surface area contributed by atoms with E-state index in [4.69, 9.17) is 16.2 Å². The van der Waals surface area contributed by atoms with Crippen LogP contribution in [-0.2, 0) is 9.59 Å². The molecule has 0 radical (unpaired) electrons. The normalized spacial score (nSPS) is 11.4. The Bertz CT molecular complexity index is 474. The van der Waals surface area contributed by atoms with Crippen LogP contribution in [0.4, 0.5) is 5.69 Å². The van der Waals surface area contributed by atoms with Gasteiger partial charge in [0.1, 0.15) is 5.75 Å². The Morgan fingerprint density at radius 3 is 2.84 bits per heavy atom. The molecule has 0 saturated carbocycles. The minimum absolute atomic E-state index is 0.215. The van der Waals surface area contributed by atoms with Crippen molar-refractivity contribution in [1.29, 1.82) is 0 Å². The van der Waals surface area contributed by atoms with Crippen molar-refractivity contribution in [1.82, 2.24) is 0 Å². The van der Waals surface area contributed by atoms with Gasteiger partial charge in [-0.2, -0.15) is 0 Å². The second-order valence-electron chi connectivity index (χ2n) is 3.90. The Kier molecular flexibility index (Phi) is 5.56. The Morgan fingerprint density at radius 1 is 1.47 bits per heavy atom. The van der Waals surface area contributed by atoms with Crippen LogP contribution in [0.15, 0.2) is 36.9 Å². The molecule has 0 heterocycles. The van der Waals surface area contributed by atoms with E-state index in [1.54, 1.807) is 30.3 Å². The molecule has 0 aromatic heterocycles. The molecular weight excluding hydrogens is 246 g/mol. The van der Waals surface area contributed by atoms with Gasteiger partial charge in [-0.3, -0.25) is 9.59 Å². The number of primary amides is 1. The Balaban J connectivity index is 2.63. The first-order valence-electron chi connectivity index (χ1n) is 5.71. The second-order valence-corrected chi connectivity index (χ2v) is 3.90. The standard InChI is InChI=1S/C13H17N3O3/c1-2-4-11(14)13(18)16-9-5-3-6-10(7-9)19-8-12(15)17/h2-3,5-7,11H,1,4,8,14H2,(H2,15,17)(H,16,18). The molecule has 1 atom stereocenters. The summed E-state index contributed by atoms with van der Waals surface area (Å²) in [5.74, 6) is -0.441. The molecule has 1 aromatic rings. The van der Waals surface area contributed by atoms with Crippen molar-refractivity contribution in [3.05, 3.63) is 36.9 Å². The summed E-state index contributed by atoms with van der Waals surface area (Å²) in [5, 5.41) is 2.65. The van der Waals surface area contributed by atoms with Crippen LogP contribution >= 0.6 is 0 Å². The van der Waals surface area contributed by atoms with Crippen molar-refractivity contribution in [2.75, 3.05) is 11.9 Å². The maximum Gasteiger partial charge on any atom is 0.255 e. The van der Waals surface area contributed by atoms with E-state index >= 15 is 0 Å². The van der Waals surface area contributed by atoms with Crippen LogP contribution in [0.25, 0.3) is 0 Å². The van der Waals surface area contributed by atoms with Crippen molar-refractivity contribution < 1.29 is 14.3 Å². The van der Waals surface area contributed by atoms with Crippen molar-refractivity contribution in [3.63, 3.8) is 0 Å². The van der Waals surface area contributed by atoms with Gasteiger partial charge < -0.3 is 21.5 Å². The number of anilines is 1. The smallest absolute Gasteiger partial charge is 0.255 e. The second kappa shape index (κ2) is 7.17. The molecule has 0 bridgehead atoms. The van der Waals surface area contributed by atoms with Gasteiger partial charge in [0, 0.05) is 11.8 Å². The number of carbonyl (C=O) groups excluding carboxylic acids is 2. The summed E-state index contributed by atoms with van der Waals surface area (Å²) in [7, 11) is 0.